The second kappa shape index (κ2) is 5.45. The van der Waals surface area contributed by atoms with E-state index >= 15 is 0 Å². The molecule has 0 N–H and O–H groups in total. The quantitative estimate of drug-likeness (QED) is 0.746. The maximum Gasteiger partial charge on any atom is 0.267 e. The highest BCUT2D eigenvalue weighted by molar-refractivity contribution is 7.12. The highest BCUT2D eigenvalue weighted by Gasteiger charge is 2.40. The first-order valence-electron chi connectivity index (χ1n) is 7.88. The summed E-state index contributed by atoms with van der Waals surface area (Å²) in [5.74, 6) is 0.161. The Labute approximate surface area is 146 Å². The second-order valence-electron chi connectivity index (χ2n) is 7.13. The standard InChI is InChI=1S/C19H21NO3S/c1-10-7-13(9-14(8-10)23-19(4,5)6)20-17(21)15-11(2)24-12(3)16(15)18(20)22/h7-9H,1-6H3. The number of carbonyl (C=O) groups excluding carboxylic acids is 2. The van der Waals surface area contributed by atoms with Crippen LogP contribution in [0.5, 0.6) is 5.75 Å². The molecular weight excluding hydrogens is 322 g/mol. The van der Waals surface area contributed by atoms with Gasteiger partial charge in [0, 0.05) is 15.8 Å². The van der Waals surface area contributed by atoms with Crippen molar-refractivity contribution in [2.45, 2.75) is 47.1 Å². The van der Waals surface area contributed by atoms with Gasteiger partial charge in [0.25, 0.3) is 11.8 Å². The number of ether oxygens (including phenoxy) is 1. The number of amides is 2. The van der Waals surface area contributed by atoms with E-state index in [2.05, 4.69) is 0 Å². The van der Waals surface area contributed by atoms with Gasteiger partial charge < -0.3 is 4.74 Å². The molecule has 0 spiro atoms. The Balaban J connectivity index is 2.06. The number of fused-ring (bicyclic) bond motifs is 1. The van der Waals surface area contributed by atoms with Gasteiger partial charge in [0.15, 0.2) is 0 Å². The van der Waals surface area contributed by atoms with Gasteiger partial charge in [-0.05, 0) is 59.2 Å². The fourth-order valence-electron chi connectivity index (χ4n) is 3.02. The molecule has 4 nitrogen and oxygen atoms in total. The largest absolute Gasteiger partial charge is 0.488 e. The molecule has 3 rings (SSSR count). The smallest absolute Gasteiger partial charge is 0.267 e. The van der Waals surface area contributed by atoms with Crippen LogP contribution in [0, 0.1) is 20.8 Å². The van der Waals surface area contributed by atoms with Crippen molar-refractivity contribution >= 4 is 28.8 Å². The second-order valence-corrected chi connectivity index (χ2v) is 8.56. The fraction of sp³-hybridized carbons (Fsp3) is 0.368. The first-order chi connectivity index (χ1) is 11.1. The first-order valence-corrected chi connectivity index (χ1v) is 8.69. The van der Waals surface area contributed by atoms with Gasteiger partial charge in [-0.1, -0.05) is 0 Å². The molecule has 0 aliphatic carbocycles. The molecule has 0 fully saturated rings. The zero-order valence-electron chi connectivity index (χ0n) is 14.8. The van der Waals surface area contributed by atoms with E-state index in [4.69, 9.17) is 4.74 Å². The molecule has 0 atom stereocenters. The van der Waals surface area contributed by atoms with Crippen molar-refractivity contribution in [3.05, 3.63) is 44.6 Å². The van der Waals surface area contributed by atoms with Crippen LogP contribution in [0.4, 0.5) is 5.69 Å². The highest BCUT2D eigenvalue weighted by Crippen LogP contribution is 2.38. The van der Waals surface area contributed by atoms with Crippen LogP contribution in [0.3, 0.4) is 0 Å². The molecule has 1 aromatic heterocycles. The molecule has 0 saturated carbocycles. The van der Waals surface area contributed by atoms with E-state index in [1.165, 1.54) is 16.2 Å². The van der Waals surface area contributed by atoms with E-state index in [0.717, 1.165) is 15.3 Å². The third-order valence-corrected chi connectivity index (χ3v) is 4.83. The number of imide groups is 1. The Bertz CT molecular complexity index is 822. The van der Waals surface area contributed by atoms with Gasteiger partial charge in [0.1, 0.15) is 11.4 Å². The third-order valence-electron chi connectivity index (χ3n) is 3.81. The summed E-state index contributed by atoms with van der Waals surface area (Å²) < 4.78 is 5.91. The molecule has 126 valence electrons. The molecule has 2 aromatic rings. The van der Waals surface area contributed by atoms with Gasteiger partial charge >= 0.3 is 0 Å². The van der Waals surface area contributed by atoms with Gasteiger partial charge in [-0.3, -0.25) is 9.59 Å². The number of aryl methyl sites for hydroxylation is 3. The number of thiophene rings is 1. The zero-order chi connectivity index (χ0) is 17.8. The molecule has 1 aliphatic rings. The Morgan fingerprint density at radius 3 is 1.96 bits per heavy atom. The van der Waals surface area contributed by atoms with Gasteiger partial charge in [-0.2, -0.15) is 0 Å². The summed E-state index contributed by atoms with van der Waals surface area (Å²) in [4.78, 5) is 28.7. The molecular formula is C19H21NO3S. The van der Waals surface area contributed by atoms with E-state index in [1.54, 1.807) is 6.07 Å². The Kier molecular flexibility index (Phi) is 3.79. The molecule has 0 unspecified atom stereocenters. The predicted octanol–water partition coefficient (Wildman–Crippen LogP) is 4.65. The first kappa shape index (κ1) is 16.7. The zero-order valence-corrected chi connectivity index (χ0v) is 15.6. The van der Waals surface area contributed by atoms with Gasteiger partial charge in [0.2, 0.25) is 0 Å². The van der Waals surface area contributed by atoms with Crippen LogP contribution in [0.1, 0.15) is 56.8 Å². The number of hydrogen-bond donors (Lipinski definition) is 0. The number of anilines is 1. The van der Waals surface area contributed by atoms with Crippen molar-refractivity contribution < 1.29 is 14.3 Å². The summed E-state index contributed by atoms with van der Waals surface area (Å²) >= 11 is 1.50. The van der Waals surface area contributed by atoms with E-state index < -0.39 is 0 Å². The number of hydrogen-bond acceptors (Lipinski definition) is 4. The minimum atomic E-state index is -0.352. The Morgan fingerprint density at radius 1 is 0.917 bits per heavy atom. The maximum absolute atomic E-state index is 12.8. The molecule has 2 amide bonds. The van der Waals surface area contributed by atoms with Crippen LogP contribution in [0.15, 0.2) is 18.2 Å². The lowest BCUT2D eigenvalue weighted by atomic mass is 10.1. The number of carbonyl (C=O) groups is 2. The van der Waals surface area contributed by atoms with E-state index in [1.807, 2.05) is 53.7 Å². The van der Waals surface area contributed by atoms with Crippen molar-refractivity contribution in [2.75, 3.05) is 4.90 Å². The molecule has 2 heterocycles. The van der Waals surface area contributed by atoms with Crippen LogP contribution < -0.4 is 9.64 Å². The molecule has 0 radical (unpaired) electrons. The minimum Gasteiger partial charge on any atom is -0.488 e. The van der Waals surface area contributed by atoms with Crippen molar-refractivity contribution in [3.8, 4) is 5.75 Å². The topological polar surface area (TPSA) is 46.6 Å². The molecule has 0 saturated heterocycles. The summed E-state index contributed by atoms with van der Waals surface area (Å²) in [6.07, 6.45) is 0. The van der Waals surface area contributed by atoms with E-state index in [9.17, 15) is 9.59 Å². The van der Waals surface area contributed by atoms with Crippen molar-refractivity contribution in [1.82, 2.24) is 0 Å². The lowest BCUT2D eigenvalue weighted by Gasteiger charge is -2.23. The van der Waals surface area contributed by atoms with Gasteiger partial charge in [-0.25, -0.2) is 4.90 Å². The van der Waals surface area contributed by atoms with Gasteiger partial charge in [-0.15, -0.1) is 11.3 Å². The normalized spacial score (nSPS) is 14.3. The summed E-state index contributed by atoms with van der Waals surface area (Å²) in [5, 5.41) is 0. The molecule has 1 aromatic carbocycles. The average molecular weight is 343 g/mol. The minimum absolute atomic E-state index is 0.246. The average Bonchev–Trinajstić information content (AvgIpc) is 2.84. The number of benzene rings is 1. The fourth-order valence-corrected chi connectivity index (χ4v) is 4.06. The highest BCUT2D eigenvalue weighted by atomic mass is 32.1. The van der Waals surface area contributed by atoms with Crippen LogP contribution in [-0.4, -0.2) is 17.4 Å². The lowest BCUT2D eigenvalue weighted by molar-refractivity contribution is 0.0926. The Hall–Kier alpha value is -2.14. The summed E-state index contributed by atoms with van der Waals surface area (Å²) in [6, 6.07) is 5.50. The van der Waals surface area contributed by atoms with Crippen LogP contribution in [0.25, 0.3) is 0 Å². The summed E-state index contributed by atoms with van der Waals surface area (Å²) in [6.45, 7) is 11.6. The van der Waals surface area contributed by atoms with Gasteiger partial charge in [0.05, 0.1) is 16.8 Å². The molecule has 0 bridgehead atoms. The third kappa shape index (κ3) is 2.73. The maximum atomic E-state index is 12.8. The van der Waals surface area contributed by atoms with E-state index in [-0.39, 0.29) is 17.4 Å². The molecule has 1 aliphatic heterocycles. The number of rotatable bonds is 2. The molecule has 5 heteroatoms. The molecule has 24 heavy (non-hydrogen) atoms. The van der Waals surface area contributed by atoms with Crippen molar-refractivity contribution in [2.24, 2.45) is 0 Å². The SMILES string of the molecule is Cc1cc(OC(C)(C)C)cc(N2C(=O)c3c(C)sc(C)c3C2=O)c1. The summed E-state index contributed by atoms with van der Waals surface area (Å²) in [5.41, 5.74) is 2.24. The number of nitrogens with zero attached hydrogens (tertiary/aromatic N) is 1. The van der Waals surface area contributed by atoms with Crippen molar-refractivity contribution in [3.63, 3.8) is 0 Å². The van der Waals surface area contributed by atoms with Crippen molar-refractivity contribution in [1.29, 1.82) is 0 Å². The Morgan fingerprint density at radius 2 is 1.46 bits per heavy atom. The van der Waals surface area contributed by atoms with Crippen LogP contribution in [0.2, 0.25) is 0 Å². The predicted molar refractivity (Wildman–Crippen MR) is 96.5 cm³/mol. The lowest BCUT2D eigenvalue weighted by Crippen LogP contribution is -2.30. The summed E-state index contributed by atoms with van der Waals surface area (Å²) in [7, 11) is 0. The monoisotopic (exact) mass is 343 g/mol. The van der Waals surface area contributed by atoms with Crippen LogP contribution in [-0.2, 0) is 0 Å². The van der Waals surface area contributed by atoms with Crippen LogP contribution >= 0.6 is 11.3 Å². The van der Waals surface area contributed by atoms with E-state index in [0.29, 0.717) is 22.6 Å².